The molecule has 2 rings (SSSR count). The van der Waals surface area contributed by atoms with E-state index in [9.17, 15) is 8.78 Å². The molecular weight excluding hydrogens is 248 g/mol. The molecule has 1 aliphatic carbocycles. The molecule has 1 aromatic carbocycles. The number of benzene rings is 1. The topological polar surface area (TPSA) is 35.2 Å². The van der Waals surface area contributed by atoms with Gasteiger partial charge in [0.1, 0.15) is 5.75 Å². The molecule has 2 atom stereocenters. The lowest BCUT2D eigenvalue weighted by Gasteiger charge is -2.12. The van der Waals surface area contributed by atoms with E-state index in [1.165, 1.54) is 12.1 Å². The first kappa shape index (κ1) is 12.6. The van der Waals surface area contributed by atoms with E-state index >= 15 is 0 Å². The van der Waals surface area contributed by atoms with Crippen LogP contribution >= 0.6 is 11.6 Å². The van der Waals surface area contributed by atoms with Gasteiger partial charge in [-0.2, -0.15) is 8.78 Å². The van der Waals surface area contributed by atoms with Crippen molar-refractivity contribution in [1.29, 1.82) is 0 Å². The molecular formula is C12H14ClF2NO. The lowest BCUT2D eigenvalue weighted by Crippen LogP contribution is -2.07. The van der Waals surface area contributed by atoms with Crippen molar-refractivity contribution >= 4 is 11.6 Å². The maximum absolute atomic E-state index is 12.3. The molecule has 0 bridgehead atoms. The van der Waals surface area contributed by atoms with Gasteiger partial charge in [-0.15, -0.1) is 0 Å². The second-order valence-electron chi connectivity index (χ2n) is 4.89. The molecule has 5 heteroatoms. The second kappa shape index (κ2) is 4.10. The van der Waals surface area contributed by atoms with E-state index in [-0.39, 0.29) is 23.1 Å². The SMILES string of the molecule is CC1(C)[C@H](N)[C@H]1c1cc(Cl)ccc1OC(F)F. The van der Waals surface area contributed by atoms with Crippen LogP contribution in [0.5, 0.6) is 5.75 Å². The summed E-state index contributed by atoms with van der Waals surface area (Å²) >= 11 is 5.88. The van der Waals surface area contributed by atoms with E-state index in [0.717, 1.165) is 0 Å². The summed E-state index contributed by atoms with van der Waals surface area (Å²) in [5.41, 5.74) is 6.50. The Hall–Kier alpha value is -0.870. The zero-order valence-corrected chi connectivity index (χ0v) is 10.3. The number of hydrogen-bond donors (Lipinski definition) is 1. The Bertz CT molecular complexity index is 437. The Kier molecular flexibility index (Phi) is 3.04. The highest BCUT2D eigenvalue weighted by molar-refractivity contribution is 6.30. The fourth-order valence-corrected chi connectivity index (χ4v) is 2.42. The smallest absolute Gasteiger partial charge is 0.387 e. The third kappa shape index (κ3) is 2.24. The standard InChI is InChI=1S/C12H14ClF2NO/c1-12(2)9(10(12)16)7-5-6(13)3-4-8(7)17-11(14)15/h3-5,9-11H,16H2,1-2H3/t9-,10-/m1/s1. The van der Waals surface area contributed by atoms with Crippen molar-refractivity contribution in [2.75, 3.05) is 0 Å². The minimum absolute atomic E-state index is 0.00921. The molecule has 0 unspecified atom stereocenters. The van der Waals surface area contributed by atoms with Crippen LogP contribution in [0.2, 0.25) is 5.02 Å². The minimum Gasteiger partial charge on any atom is -0.435 e. The average Bonchev–Trinajstić information content (AvgIpc) is 2.69. The van der Waals surface area contributed by atoms with Crippen molar-refractivity contribution in [3.8, 4) is 5.75 Å². The van der Waals surface area contributed by atoms with Crippen molar-refractivity contribution in [2.45, 2.75) is 32.4 Å². The molecule has 1 saturated carbocycles. The molecule has 1 aromatic rings. The van der Waals surface area contributed by atoms with Crippen molar-refractivity contribution in [2.24, 2.45) is 11.1 Å². The van der Waals surface area contributed by atoms with Gasteiger partial charge >= 0.3 is 6.61 Å². The molecule has 0 amide bonds. The lowest BCUT2D eigenvalue weighted by molar-refractivity contribution is -0.0505. The molecule has 1 aliphatic rings. The van der Waals surface area contributed by atoms with E-state index in [2.05, 4.69) is 4.74 Å². The summed E-state index contributed by atoms with van der Waals surface area (Å²) in [4.78, 5) is 0. The molecule has 0 spiro atoms. The van der Waals surface area contributed by atoms with Crippen molar-refractivity contribution in [1.82, 2.24) is 0 Å². The van der Waals surface area contributed by atoms with Gasteiger partial charge in [0.2, 0.25) is 0 Å². The van der Waals surface area contributed by atoms with Crippen molar-refractivity contribution in [3.05, 3.63) is 28.8 Å². The Morgan fingerprint density at radius 3 is 2.47 bits per heavy atom. The number of hydrogen-bond acceptors (Lipinski definition) is 2. The van der Waals surface area contributed by atoms with E-state index in [4.69, 9.17) is 17.3 Å². The minimum atomic E-state index is -2.84. The quantitative estimate of drug-likeness (QED) is 0.905. The molecule has 2 N–H and O–H groups in total. The first-order valence-electron chi connectivity index (χ1n) is 5.34. The fraction of sp³-hybridized carbons (Fsp3) is 0.500. The van der Waals surface area contributed by atoms with Gasteiger partial charge in [-0.05, 0) is 23.6 Å². The average molecular weight is 262 g/mol. The van der Waals surface area contributed by atoms with Gasteiger partial charge < -0.3 is 10.5 Å². The van der Waals surface area contributed by atoms with Crippen LogP contribution in [0.1, 0.15) is 25.3 Å². The van der Waals surface area contributed by atoms with E-state index < -0.39 is 6.61 Å². The van der Waals surface area contributed by atoms with Crippen LogP contribution in [0.3, 0.4) is 0 Å². The maximum atomic E-state index is 12.3. The first-order chi connectivity index (χ1) is 7.84. The highest BCUT2D eigenvalue weighted by atomic mass is 35.5. The molecule has 1 fully saturated rings. The van der Waals surface area contributed by atoms with Crippen LogP contribution in [0.4, 0.5) is 8.78 Å². The zero-order chi connectivity index (χ0) is 12.8. The summed E-state index contributed by atoms with van der Waals surface area (Å²) in [6.45, 7) is 1.15. The van der Waals surface area contributed by atoms with Crippen molar-refractivity contribution in [3.63, 3.8) is 0 Å². The third-order valence-electron chi connectivity index (χ3n) is 3.43. The molecule has 2 nitrogen and oxygen atoms in total. The van der Waals surface area contributed by atoms with Gasteiger partial charge in [-0.3, -0.25) is 0 Å². The summed E-state index contributed by atoms with van der Waals surface area (Å²) < 4.78 is 29.1. The van der Waals surface area contributed by atoms with E-state index in [1.807, 2.05) is 13.8 Å². The number of halogens is 3. The number of ether oxygens (including phenoxy) is 1. The fourth-order valence-electron chi connectivity index (χ4n) is 2.24. The highest BCUT2D eigenvalue weighted by Crippen LogP contribution is 2.59. The molecule has 0 heterocycles. The normalized spacial score (nSPS) is 26.1. The molecule has 0 aliphatic heterocycles. The number of alkyl halides is 2. The predicted octanol–water partition coefficient (Wildman–Crippen LogP) is 3.39. The predicted molar refractivity (Wildman–Crippen MR) is 62.6 cm³/mol. The Balaban J connectivity index is 2.35. The first-order valence-corrected chi connectivity index (χ1v) is 5.71. The Morgan fingerprint density at radius 2 is 2.00 bits per heavy atom. The third-order valence-corrected chi connectivity index (χ3v) is 3.67. The number of nitrogens with two attached hydrogens (primary N) is 1. The molecule has 17 heavy (non-hydrogen) atoms. The zero-order valence-electron chi connectivity index (χ0n) is 9.58. The lowest BCUT2D eigenvalue weighted by atomic mass is 10.0. The number of rotatable bonds is 3. The molecule has 0 aromatic heterocycles. The largest absolute Gasteiger partial charge is 0.435 e. The van der Waals surface area contributed by atoms with E-state index in [1.54, 1.807) is 6.07 Å². The summed E-state index contributed by atoms with van der Waals surface area (Å²) in [5.74, 6) is 0.172. The Labute approximate surface area is 104 Å². The maximum Gasteiger partial charge on any atom is 0.387 e. The van der Waals surface area contributed by atoms with Gasteiger partial charge in [0, 0.05) is 22.5 Å². The van der Waals surface area contributed by atoms with Crippen LogP contribution in [-0.4, -0.2) is 12.7 Å². The molecule has 0 saturated heterocycles. The second-order valence-corrected chi connectivity index (χ2v) is 5.32. The van der Waals surface area contributed by atoms with Crippen molar-refractivity contribution < 1.29 is 13.5 Å². The monoisotopic (exact) mass is 261 g/mol. The van der Waals surface area contributed by atoms with Gasteiger partial charge in [0.25, 0.3) is 0 Å². The summed E-state index contributed by atoms with van der Waals surface area (Å²) in [6, 6.07) is 4.59. The summed E-state index contributed by atoms with van der Waals surface area (Å²) in [5, 5.41) is 0.497. The Morgan fingerprint density at radius 1 is 1.41 bits per heavy atom. The van der Waals surface area contributed by atoms with Crippen LogP contribution in [-0.2, 0) is 0 Å². The van der Waals surface area contributed by atoms with Crippen LogP contribution in [0.15, 0.2) is 18.2 Å². The molecule has 0 radical (unpaired) electrons. The van der Waals surface area contributed by atoms with Gasteiger partial charge in [-0.1, -0.05) is 25.4 Å². The highest BCUT2D eigenvalue weighted by Gasteiger charge is 2.57. The van der Waals surface area contributed by atoms with Gasteiger partial charge in [0.05, 0.1) is 0 Å². The van der Waals surface area contributed by atoms with Gasteiger partial charge in [-0.25, -0.2) is 0 Å². The van der Waals surface area contributed by atoms with Crippen LogP contribution in [0.25, 0.3) is 0 Å². The van der Waals surface area contributed by atoms with E-state index in [0.29, 0.717) is 10.6 Å². The molecule has 94 valence electrons. The van der Waals surface area contributed by atoms with Gasteiger partial charge in [0.15, 0.2) is 0 Å². The summed E-state index contributed by atoms with van der Waals surface area (Å²) in [6.07, 6.45) is 0. The summed E-state index contributed by atoms with van der Waals surface area (Å²) in [7, 11) is 0. The van der Waals surface area contributed by atoms with Crippen LogP contribution in [0, 0.1) is 5.41 Å². The van der Waals surface area contributed by atoms with Crippen LogP contribution < -0.4 is 10.5 Å².